The van der Waals surface area contributed by atoms with Crippen LogP contribution in [-0.2, 0) is 0 Å². The highest BCUT2D eigenvalue weighted by molar-refractivity contribution is 5.70. The first-order valence-corrected chi connectivity index (χ1v) is 5.70. The standard InChI is InChI=1S/C14H13N3O/c15-17-16-10-11-18-14-9-5-4-8-13(14)12-6-2-1-3-7-12/h1-9H,10-11H2. The van der Waals surface area contributed by atoms with Crippen LogP contribution < -0.4 is 4.74 Å². The van der Waals surface area contributed by atoms with Crippen LogP contribution in [0.1, 0.15) is 0 Å². The van der Waals surface area contributed by atoms with Crippen LogP contribution in [-0.4, -0.2) is 13.2 Å². The number of benzene rings is 2. The van der Waals surface area contributed by atoms with Gasteiger partial charge in [0, 0.05) is 10.5 Å². The molecule has 0 spiro atoms. The van der Waals surface area contributed by atoms with E-state index in [-0.39, 0.29) is 0 Å². The Morgan fingerprint density at radius 3 is 2.50 bits per heavy atom. The Labute approximate surface area is 105 Å². The fourth-order valence-corrected chi connectivity index (χ4v) is 1.69. The first kappa shape index (κ1) is 12.0. The van der Waals surface area contributed by atoms with Crippen LogP contribution in [0.2, 0.25) is 0 Å². The molecule has 2 aromatic rings. The number of azide groups is 1. The van der Waals surface area contributed by atoms with E-state index in [1.54, 1.807) is 0 Å². The van der Waals surface area contributed by atoms with Crippen molar-refractivity contribution in [3.63, 3.8) is 0 Å². The average Bonchev–Trinajstić information content (AvgIpc) is 2.45. The molecule has 4 nitrogen and oxygen atoms in total. The second-order valence-electron chi connectivity index (χ2n) is 3.67. The molecule has 90 valence electrons. The quantitative estimate of drug-likeness (QED) is 0.336. The molecule has 0 N–H and O–H groups in total. The molecule has 0 fully saturated rings. The van der Waals surface area contributed by atoms with Crippen molar-refractivity contribution in [3.05, 3.63) is 65.0 Å². The minimum atomic E-state index is 0.333. The van der Waals surface area contributed by atoms with E-state index < -0.39 is 0 Å². The van der Waals surface area contributed by atoms with Crippen molar-refractivity contribution in [2.24, 2.45) is 5.11 Å². The third-order valence-electron chi connectivity index (χ3n) is 2.48. The predicted octanol–water partition coefficient (Wildman–Crippen LogP) is 4.04. The Morgan fingerprint density at radius 2 is 1.72 bits per heavy atom. The van der Waals surface area contributed by atoms with Gasteiger partial charge in [0.15, 0.2) is 0 Å². The Hall–Kier alpha value is -2.45. The largest absolute Gasteiger partial charge is 0.493 e. The van der Waals surface area contributed by atoms with Gasteiger partial charge in [0.05, 0.1) is 13.2 Å². The van der Waals surface area contributed by atoms with Crippen LogP contribution in [0.4, 0.5) is 0 Å². The zero-order valence-corrected chi connectivity index (χ0v) is 9.86. The number of hydrogen-bond acceptors (Lipinski definition) is 2. The van der Waals surface area contributed by atoms with E-state index in [4.69, 9.17) is 10.3 Å². The van der Waals surface area contributed by atoms with Crippen molar-refractivity contribution in [1.82, 2.24) is 0 Å². The minimum absolute atomic E-state index is 0.333. The number of ether oxygens (including phenoxy) is 1. The van der Waals surface area contributed by atoms with E-state index in [1.807, 2.05) is 54.6 Å². The van der Waals surface area contributed by atoms with Crippen LogP contribution in [0.15, 0.2) is 59.7 Å². The van der Waals surface area contributed by atoms with Crippen LogP contribution in [0.25, 0.3) is 21.6 Å². The van der Waals surface area contributed by atoms with Crippen molar-refractivity contribution >= 4 is 0 Å². The molecule has 0 unspecified atom stereocenters. The smallest absolute Gasteiger partial charge is 0.127 e. The van der Waals surface area contributed by atoms with Gasteiger partial charge in [-0.15, -0.1) is 0 Å². The van der Waals surface area contributed by atoms with E-state index >= 15 is 0 Å². The summed E-state index contributed by atoms with van der Waals surface area (Å²) >= 11 is 0. The lowest BCUT2D eigenvalue weighted by molar-refractivity contribution is 0.329. The van der Waals surface area contributed by atoms with Crippen LogP contribution in [0.5, 0.6) is 5.75 Å². The monoisotopic (exact) mass is 239 g/mol. The Balaban J connectivity index is 2.18. The van der Waals surface area contributed by atoms with Crippen LogP contribution >= 0.6 is 0 Å². The third kappa shape index (κ3) is 3.03. The molecule has 0 saturated heterocycles. The summed E-state index contributed by atoms with van der Waals surface area (Å²) < 4.78 is 5.63. The first-order valence-electron chi connectivity index (χ1n) is 5.70. The SMILES string of the molecule is [N-]=[N+]=NCCOc1ccccc1-c1ccccc1. The second-order valence-corrected chi connectivity index (χ2v) is 3.67. The lowest BCUT2D eigenvalue weighted by Gasteiger charge is -2.10. The van der Waals surface area contributed by atoms with Crippen LogP contribution in [0, 0.1) is 0 Å². The molecule has 0 aliphatic carbocycles. The molecular weight excluding hydrogens is 226 g/mol. The van der Waals surface area contributed by atoms with E-state index in [1.165, 1.54) is 0 Å². The van der Waals surface area contributed by atoms with E-state index in [9.17, 15) is 0 Å². The van der Waals surface area contributed by atoms with E-state index in [0.717, 1.165) is 16.9 Å². The first-order chi connectivity index (χ1) is 8.92. The lowest BCUT2D eigenvalue weighted by Crippen LogP contribution is -2.01. The van der Waals surface area contributed by atoms with Gasteiger partial charge < -0.3 is 4.74 Å². The van der Waals surface area contributed by atoms with E-state index in [0.29, 0.717) is 13.2 Å². The number of para-hydroxylation sites is 1. The van der Waals surface area contributed by atoms with Crippen molar-refractivity contribution in [2.45, 2.75) is 0 Å². The Morgan fingerprint density at radius 1 is 1.00 bits per heavy atom. The molecule has 2 aromatic carbocycles. The normalized spacial score (nSPS) is 9.56. The van der Waals surface area contributed by atoms with Crippen molar-refractivity contribution in [3.8, 4) is 16.9 Å². The van der Waals surface area contributed by atoms with Gasteiger partial charge in [-0.05, 0) is 17.2 Å². The lowest BCUT2D eigenvalue weighted by atomic mass is 10.1. The summed E-state index contributed by atoms with van der Waals surface area (Å²) in [4.78, 5) is 2.69. The molecule has 0 amide bonds. The van der Waals surface area contributed by atoms with Crippen LogP contribution in [0.3, 0.4) is 0 Å². The molecule has 4 heteroatoms. The Kier molecular flexibility index (Phi) is 4.22. The highest BCUT2D eigenvalue weighted by Crippen LogP contribution is 2.29. The molecule has 18 heavy (non-hydrogen) atoms. The summed E-state index contributed by atoms with van der Waals surface area (Å²) in [7, 11) is 0. The number of hydrogen-bond donors (Lipinski definition) is 0. The molecule has 0 atom stereocenters. The summed E-state index contributed by atoms with van der Waals surface area (Å²) in [6, 6.07) is 17.9. The molecule has 0 saturated carbocycles. The molecule has 0 aromatic heterocycles. The minimum Gasteiger partial charge on any atom is -0.493 e. The zero-order valence-electron chi connectivity index (χ0n) is 9.86. The van der Waals surface area contributed by atoms with Crippen molar-refractivity contribution in [2.75, 3.05) is 13.2 Å². The topological polar surface area (TPSA) is 58.0 Å². The third-order valence-corrected chi connectivity index (χ3v) is 2.48. The fourth-order valence-electron chi connectivity index (χ4n) is 1.69. The van der Waals surface area contributed by atoms with Gasteiger partial charge in [0.1, 0.15) is 5.75 Å². The zero-order chi connectivity index (χ0) is 12.6. The highest BCUT2D eigenvalue weighted by atomic mass is 16.5. The summed E-state index contributed by atoms with van der Waals surface area (Å²) in [6.45, 7) is 0.716. The summed E-state index contributed by atoms with van der Waals surface area (Å²) in [5.41, 5.74) is 10.3. The number of rotatable bonds is 5. The van der Waals surface area contributed by atoms with Gasteiger partial charge in [0.25, 0.3) is 0 Å². The summed E-state index contributed by atoms with van der Waals surface area (Å²) in [6.07, 6.45) is 0. The molecule has 0 bridgehead atoms. The van der Waals surface area contributed by atoms with Crippen molar-refractivity contribution in [1.29, 1.82) is 0 Å². The predicted molar refractivity (Wildman–Crippen MR) is 71.4 cm³/mol. The van der Waals surface area contributed by atoms with Gasteiger partial charge in [0.2, 0.25) is 0 Å². The maximum Gasteiger partial charge on any atom is 0.127 e. The van der Waals surface area contributed by atoms with Crippen molar-refractivity contribution < 1.29 is 4.74 Å². The molecule has 0 aliphatic heterocycles. The molecule has 2 rings (SSSR count). The summed E-state index contributed by atoms with van der Waals surface area (Å²) in [5, 5.41) is 3.44. The summed E-state index contributed by atoms with van der Waals surface area (Å²) in [5.74, 6) is 0.803. The molecule has 0 radical (unpaired) electrons. The average molecular weight is 239 g/mol. The van der Waals surface area contributed by atoms with Gasteiger partial charge in [-0.1, -0.05) is 53.6 Å². The molecule has 0 aliphatic rings. The van der Waals surface area contributed by atoms with Gasteiger partial charge in [-0.3, -0.25) is 0 Å². The molecular formula is C14H13N3O. The number of nitrogens with zero attached hydrogens (tertiary/aromatic N) is 3. The maximum absolute atomic E-state index is 8.20. The van der Waals surface area contributed by atoms with E-state index in [2.05, 4.69) is 10.0 Å². The highest BCUT2D eigenvalue weighted by Gasteiger charge is 2.04. The Bertz CT molecular complexity index is 548. The fraction of sp³-hybridized carbons (Fsp3) is 0.143. The van der Waals surface area contributed by atoms with Gasteiger partial charge >= 0.3 is 0 Å². The maximum atomic E-state index is 8.20. The molecule has 0 heterocycles. The second kappa shape index (κ2) is 6.33. The van der Waals surface area contributed by atoms with Gasteiger partial charge in [-0.25, -0.2) is 0 Å². The van der Waals surface area contributed by atoms with Gasteiger partial charge in [-0.2, -0.15) is 0 Å².